The molecule has 0 unspecified atom stereocenters. The average Bonchev–Trinajstić information content (AvgIpc) is 2.91. The van der Waals surface area contributed by atoms with E-state index in [-0.39, 0.29) is 23.0 Å². The molecule has 0 N–H and O–H groups in total. The maximum atomic E-state index is 12.8. The number of hydrogen-bond donors (Lipinski definition) is 0. The lowest BCUT2D eigenvalue weighted by Crippen LogP contribution is -2.29. The molecule has 0 spiro atoms. The van der Waals surface area contributed by atoms with Crippen molar-refractivity contribution in [2.75, 3.05) is 13.6 Å². The van der Waals surface area contributed by atoms with Crippen LogP contribution in [0, 0.1) is 17.0 Å². The number of aromatic nitrogens is 2. The maximum Gasteiger partial charge on any atom is 0.311 e. The van der Waals surface area contributed by atoms with Crippen molar-refractivity contribution in [1.29, 1.82) is 0 Å². The van der Waals surface area contributed by atoms with Crippen LogP contribution in [0.3, 0.4) is 0 Å². The summed E-state index contributed by atoms with van der Waals surface area (Å²) in [5.41, 5.74) is 0.214. The highest BCUT2D eigenvalue weighted by molar-refractivity contribution is 5.94. The van der Waals surface area contributed by atoms with Crippen LogP contribution < -0.4 is 4.74 Å². The first-order valence-corrected chi connectivity index (χ1v) is 8.84. The molecule has 8 heteroatoms. The van der Waals surface area contributed by atoms with Crippen LogP contribution in [0.1, 0.15) is 50.2 Å². The summed E-state index contributed by atoms with van der Waals surface area (Å²) in [5.74, 6) is 0.228. The van der Waals surface area contributed by atoms with Gasteiger partial charge >= 0.3 is 5.69 Å². The summed E-state index contributed by atoms with van der Waals surface area (Å²) in [6.45, 7) is 10.1. The number of nitrogens with zero attached hydrogens (tertiary/aromatic N) is 4. The third-order valence-electron chi connectivity index (χ3n) is 4.08. The van der Waals surface area contributed by atoms with Gasteiger partial charge in [0.15, 0.2) is 5.69 Å². The summed E-state index contributed by atoms with van der Waals surface area (Å²) in [4.78, 5) is 25.2. The number of carbonyl (C=O) groups is 1. The Bertz CT molecular complexity index is 852. The number of hydrogen-bond acceptors (Lipinski definition) is 5. The molecule has 0 atom stereocenters. The average molecular weight is 374 g/mol. The minimum atomic E-state index is -0.496. The normalized spacial score (nSPS) is 11.3. The van der Waals surface area contributed by atoms with Crippen molar-refractivity contribution in [3.8, 4) is 11.6 Å². The van der Waals surface area contributed by atoms with E-state index in [1.807, 2.05) is 27.7 Å². The number of ether oxygens (including phenoxy) is 1. The topological polar surface area (TPSA) is 90.5 Å². The highest BCUT2D eigenvalue weighted by Gasteiger charge is 2.30. The van der Waals surface area contributed by atoms with Crippen LogP contribution in [0.25, 0.3) is 0 Å². The van der Waals surface area contributed by atoms with Crippen LogP contribution in [0.4, 0.5) is 5.69 Å². The van der Waals surface area contributed by atoms with Crippen LogP contribution in [0.15, 0.2) is 24.3 Å². The molecule has 27 heavy (non-hydrogen) atoms. The molecule has 1 aromatic carbocycles. The van der Waals surface area contributed by atoms with E-state index in [1.165, 1.54) is 12.1 Å². The quantitative estimate of drug-likeness (QED) is 0.560. The molecule has 0 fully saturated rings. The summed E-state index contributed by atoms with van der Waals surface area (Å²) in [6, 6.07) is 6.15. The Labute approximate surface area is 158 Å². The second-order valence-electron chi connectivity index (χ2n) is 7.41. The zero-order valence-electron chi connectivity index (χ0n) is 16.6. The Morgan fingerprint density at radius 1 is 1.33 bits per heavy atom. The predicted octanol–water partition coefficient (Wildman–Crippen LogP) is 4.13. The molecule has 146 valence electrons. The second-order valence-corrected chi connectivity index (χ2v) is 7.41. The monoisotopic (exact) mass is 374 g/mol. The van der Waals surface area contributed by atoms with E-state index in [9.17, 15) is 14.9 Å². The van der Waals surface area contributed by atoms with Gasteiger partial charge in [-0.1, -0.05) is 19.1 Å². The first-order valence-electron chi connectivity index (χ1n) is 8.84. The van der Waals surface area contributed by atoms with Crippen molar-refractivity contribution in [3.05, 3.63) is 45.6 Å². The van der Waals surface area contributed by atoms with E-state index in [1.54, 1.807) is 35.7 Å². The van der Waals surface area contributed by atoms with Crippen LogP contribution in [0.2, 0.25) is 0 Å². The van der Waals surface area contributed by atoms with Crippen LogP contribution >= 0.6 is 0 Å². The zero-order chi connectivity index (χ0) is 20.4. The fourth-order valence-electron chi connectivity index (χ4n) is 2.67. The van der Waals surface area contributed by atoms with Gasteiger partial charge in [0.25, 0.3) is 5.91 Å². The summed E-state index contributed by atoms with van der Waals surface area (Å²) < 4.78 is 7.52. The summed E-state index contributed by atoms with van der Waals surface area (Å²) in [7, 11) is 1.73. The largest absolute Gasteiger partial charge is 0.432 e. The Kier molecular flexibility index (Phi) is 5.88. The minimum Gasteiger partial charge on any atom is -0.432 e. The molecule has 0 aliphatic heterocycles. The van der Waals surface area contributed by atoms with Gasteiger partial charge < -0.3 is 9.64 Å². The molecule has 1 amide bonds. The van der Waals surface area contributed by atoms with Gasteiger partial charge in [0.2, 0.25) is 11.6 Å². The molecule has 2 rings (SSSR count). The molecular formula is C19H26N4O4. The number of amides is 1. The molecular weight excluding hydrogens is 348 g/mol. The highest BCUT2D eigenvalue weighted by Crippen LogP contribution is 2.36. The van der Waals surface area contributed by atoms with Gasteiger partial charge in [0.05, 0.1) is 10.5 Å². The van der Waals surface area contributed by atoms with Crippen molar-refractivity contribution in [1.82, 2.24) is 14.7 Å². The fourth-order valence-corrected chi connectivity index (χ4v) is 2.67. The van der Waals surface area contributed by atoms with Crippen LogP contribution in [-0.2, 0) is 5.54 Å². The number of nitro benzene ring substituents is 1. The predicted molar refractivity (Wildman–Crippen MR) is 102 cm³/mol. The van der Waals surface area contributed by atoms with Crippen molar-refractivity contribution in [2.24, 2.45) is 0 Å². The second kappa shape index (κ2) is 7.77. The Hall–Kier alpha value is -2.90. The molecule has 2 aromatic rings. The summed E-state index contributed by atoms with van der Waals surface area (Å²) >= 11 is 0. The summed E-state index contributed by atoms with van der Waals surface area (Å²) in [6.07, 6.45) is 0.834. The number of rotatable bonds is 6. The van der Waals surface area contributed by atoms with Gasteiger partial charge in [-0.3, -0.25) is 14.9 Å². The SMILES string of the molecule is CCCN(C)C(=O)c1nn(C(C)(C)C)c(Oc2ccccc2[N+](=O)[O-])c1C. The molecule has 0 aliphatic rings. The number of carbonyl (C=O) groups excluding carboxylic acids is 1. The standard InChI is InChI=1S/C19H26N4O4/c1-7-12-21(6)17(24)16-13(2)18(22(20-16)19(3,4)5)27-15-11-9-8-10-14(15)23(25)26/h8-11H,7,12H2,1-6H3. The molecule has 0 saturated carbocycles. The van der Waals surface area contributed by atoms with Gasteiger partial charge in [0.1, 0.15) is 0 Å². The van der Waals surface area contributed by atoms with E-state index >= 15 is 0 Å². The molecule has 0 saturated heterocycles. The molecule has 1 heterocycles. The van der Waals surface area contributed by atoms with E-state index in [0.717, 1.165) is 6.42 Å². The van der Waals surface area contributed by atoms with Gasteiger partial charge in [-0.2, -0.15) is 5.10 Å². The first kappa shape index (κ1) is 20.4. The third kappa shape index (κ3) is 4.27. The maximum absolute atomic E-state index is 12.8. The molecule has 0 bridgehead atoms. The Balaban J connectivity index is 2.56. The number of para-hydroxylation sites is 2. The number of nitro groups is 1. The lowest BCUT2D eigenvalue weighted by atomic mass is 10.1. The Morgan fingerprint density at radius 3 is 2.52 bits per heavy atom. The van der Waals surface area contributed by atoms with E-state index in [4.69, 9.17) is 4.74 Å². The highest BCUT2D eigenvalue weighted by atomic mass is 16.6. The van der Waals surface area contributed by atoms with Gasteiger partial charge in [-0.25, -0.2) is 4.68 Å². The van der Waals surface area contributed by atoms with Gasteiger partial charge in [-0.05, 0) is 40.2 Å². The van der Waals surface area contributed by atoms with Crippen molar-refractivity contribution < 1.29 is 14.5 Å². The number of benzene rings is 1. The van der Waals surface area contributed by atoms with Crippen molar-refractivity contribution in [3.63, 3.8) is 0 Å². The smallest absolute Gasteiger partial charge is 0.311 e. The zero-order valence-corrected chi connectivity index (χ0v) is 16.6. The van der Waals surface area contributed by atoms with Crippen molar-refractivity contribution >= 4 is 11.6 Å². The van der Waals surface area contributed by atoms with Crippen LogP contribution in [-0.4, -0.2) is 39.1 Å². The molecule has 8 nitrogen and oxygen atoms in total. The van der Waals surface area contributed by atoms with Crippen LogP contribution in [0.5, 0.6) is 11.6 Å². The lowest BCUT2D eigenvalue weighted by molar-refractivity contribution is -0.385. The van der Waals surface area contributed by atoms with Gasteiger partial charge in [-0.15, -0.1) is 0 Å². The van der Waals surface area contributed by atoms with Gasteiger partial charge in [0, 0.05) is 25.2 Å². The molecule has 0 aliphatic carbocycles. The first-order chi connectivity index (χ1) is 12.6. The molecule has 1 aromatic heterocycles. The third-order valence-corrected chi connectivity index (χ3v) is 4.08. The van der Waals surface area contributed by atoms with E-state index in [2.05, 4.69) is 5.10 Å². The van der Waals surface area contributed by atoms with E-state index in [0.29, 0.717) is 18.0 Å². The molecule has 0 radical (unpaired) electrons. The lowest BCUT2D eigenvalue weighted by Gasteiger charge is -2.22. The summed E-state index contributed by atoms with van der Waals surface area (Å²) in [5, 5.41) is 15.8. The van der Waals surface area contributed by atoms with Crippen molar-refractivity contribution in [2.45, 2.75) is 46.6 Å². The fraction of sp³-hybridized carbons (Fsp3) is 0.474. The minimum absolute atomic E-state index is 0.108. The Morgan fingerprint density at radius 2 is 1.96 bits per heavy atom. The van der Waals surface area contributed by atoms with E-state index < -0.39 is 10.5 Å².